The van der Waals surface area contributed by atoms with Crippen molar-refractivity contribution in [3.8, 4) is 12.1 Å². The zero-order valence-corrected chi connectivity index (χ0v) is 16.6. The summed E-state index contributed by atoms with van der Waals surface area (Å²) in [6.45, 7) is 5.98. The van der Waals surface area contributed by atoms with Crippen molar-refractivity contribution in [3.63, 3.8) is 0 Å². The Bertz CT molecular complexity index is 1110. The van der Waals surface area contributed by atoms with Gasteiger partial charge in [-0.2, -0.15) is 10.5 Å². The van der Waals surface area contributed by atoms with Gasteiger partial charge in [0.05, 0.1) is 16.8 Å². The average Bonchev–Trinajstić information content (AvgIpc) is 3.05. The van der Waals surface area contributed by atoms with E-state index in [1.807, 2.05) is 39.0 Å². The summed E-state index contributed by atoms with van der Waals surface area (Å²) in [6, 6.07) is 9.25. The fraction of sp³-hybridized carbons (Fsp3) is 0.381. The third-order valence-corrected chi connectivity index (χ3v) is 6.72. The smallest absolute Gasteiger partial charge is 0.237 e. The van der Waals surface area contributed by atoms with Crippen LogP contribution in [0, 0.1) is 35.0 Å². The van der Waals surface area contributed by atoms with Crippen LogP contribution in [-0.2, 0) is 10.2 Å². The molecule has 1 fully saturated rings. The van der Waals surface area contributed by atoms with Gasteiger partial charge in [0.1, 0.15) is 12.1 Å². The van der Waals surface area contributed by atoms with Crippen LogP contribution in [0.1, 0.15) is 60.9 Å². The molecule has 0 spiro atoms. The summed E-state index contributed by atoms with van der Waals surface area (Å²) in [5.41, 5.74) is 1.40. The van der Waals surface area contributed by atoms with Crippen molar-refractivity contribution in [1.82, 2.24) is 9.97 Å². The van der Waals surface area contributed by atoms with Crippen molar-refractivity contribution in [3.05, 3.63) is 51.6 Å². The van der Waals surface area contributed by atoms with Gasteiger partial charge >= 0.3 is 0 Å². The molecule has 1 aromatic heterocycles. The number of rotatable bonds is 2. The number of nitriles is 2. The monoisotopic (exact) mass is 391 g/mol. The van der Waals surface area contributed by atoms with E-state index in [-0.39, 0.29) is 23.2 Å². The zero-order chi connectivity index (χ0) is 20.3. The third-order valence-electron chi connectivity index (χ3n) is 6.48. The number of nitrogens with one attached hydrogen (secondary N) is 1. The molecule has 1 aromatic carbocycles. The van der Waals surface area contributed by atoms with E-state index in [0.717, 1.165) is 12.0 Å². The van der Waals surface area contributed by atoms with Crippen LogP contribution in [-0.4, -0.2) is 15.9 Å². The number of aryl methyl sites for hydroxylation is 1. The first-order valence-electron chi connectivity index (χ1n) is 9.06. The molecule has 0 aliphatic heterocycles. The first-order valence-corrected chi connectivity index (χ1v) is 9.44. The summed E-state index contributed by atoms with van der Waals surface area (Å²) < 4.78 is 0. The van der Waals surface area contributed by atoms with Gasteiger partial charge < -0.3 is 5.32 Å². The minimum atomic E-state index is -0.908. The van der Waals surface area contributed by atoms with Crippen LogP contribution < -0.4 is 5.32 Å². The van der Waals surface area contributed by atoms with Crippen LogP contribution in [0.4, 0.5) is 5.69 Å². The van der Waals surface area contributed by atoms with Gasteiger partial charge in [-0.25, -0.2) is 9.97 Å². The second kappa shape index (κ2) is 6.02. The Morgan fingerprint density at radius 2 is 1.93 bits per heavy atom. The van der Waals surface area contributed by atoms with Crippen LogP contribution in [0.5, 0.6) is 0 Å². The SMILES string of the molecule is Cc1ccc(Cl)cc1NC(=O)C12CCC(c3nc(C#N)c(C#N)nc31)C2(C)C. The van der Waals surface area contributed by atoms with E-state index in [0.29, 0.717) is 28.5 Å². The van der Waals surface area contributed by atoms with Crippen LogP contribution in [0.3, 0.4) is 0 Å². The predicted octanol–water partition coefficient (Wildman–Crippen LogP) is 3.98. The Labute approximate surface area is 168 Å². The molecule has 1 N–H and O–H groups in total. The van der Waals surface area contributed by atoms with E-state index in [2.05, 4.69) is 15.3 Å². The molecule has 2 unspecified atom stereocenters. The Balaban J connectivity index is 1.87. The molecule has 7 heteroatoms. The number of halogens is 1. The van der Waals surface area contributed by atoms with Gasteiger partial charge in [0.2, 0.25) is 5.91 Å². The van der Waals surface area contributed by atoms with Crippen molar-refractivity contribution in [1.29, 1.82) is 10.5 Å². The van der Waals surface area contributed by atoms with Gasteiger partial charge in [-0.15, -0.1) is 0 Å². The maximum absolute atomic E-state index is 13.6. The summed E-state index contributed by atoms with van der Waals surface area (Å²) in [7, 11) is 0. The molecular formula is C21H18ClN5O. The van der Waals surface area contributed by atoms with Crippen molar-refractivity contribution < 1.29 is 4.79 Å². The molecule has 140 valence electrons. The number of aromatic nitrogens is 2. The number of carbonyl (C=O) groups is 1. The quantitative estimate of drug-likeness (QED) is 0.834. The van der Waals surface area contributed by atoms with Gasteiger partial charge in [-0.1, -0.05) is 31.5 Å². The van der Waals surface area contributed by atoms with E-state index < -0.39 is 10.8 Å². The lowest BCUT2D eigenvalue weighted by Gasteiger charge is -2.36. The number of benzene rings is 1. The predicted molar refractivity (Wildman–Crippen MR) is 104 cm³/mol. The minimum absolute atomic E-state index is 0.0149. The van der Waals surface area contributed by atoms with Crippen molar-refractivity contribution in [2.24, 2.45) is 5.41 Å². The van der Waals surface area contributed by atoms with Crippen LogP contribution in [0.15, 0.2) is 18.2 Å². The van der Waals surface area contributed by atoms with Gasteiger partial charge in [0, 0.05) is 16.6 Å². The van der Waals surface area contributed by atoms with Crippen LogP contribution >= 0.6 is 11.6 Å². The molecule has 2 bridgehead atoms. The molecule has 28 heavy (non-hydrogen) atoms. The van der Waals surface area contributed by atoms with Gasteiger partial charge in [0.15, 0.2) is 11.4 Å². The van der Waals surface area contributed by atoms with E-state index >= 15 is 0 Å². The zero-order valence-electron chi connectivity index (χ0n) is 15.8. The van der Waals surface area contributed by atoms with Gasteiger partial charge in [-0.05, 0) is 42.9 Å². The fourth-order valence-electron chi connectivity index (χ4n) is 4.88. The molecule has 2 atom stereocenters. The summed E-state index contributed by atoms with van der Waals surface area (Å²) in [6.07, 6.45) is 1.40. The lowest BCUT2D eigenvalue weighted by molar-refractivity contribution is -0.124. The summed E-state index contributed by atoms with van der Waals surface area (Å²) >= 11 is 6.11. The van der Waals surface area contributed by atoms with E-state index in [1.54, 1.807) is 12.1 Å². The van der Waals surface area contributed by atoms with Crippen molar-refractivity contribution in [2.75, 3.05) is 5.32 Å². The standard InChI is InChI=1S/C21H18ClN5O/c1-11-4-5-12(22)8-14(11)27-19(28)21-7-6-13(20(21,2)3)17-18(21)26-16(10-24)15(9-23)25-17/h4-5,8,13H,6-7H2,1-3H3,(H,27,28). The van der Waals surface area contributed by atoms with Crippen LogP contribution in [0.25, 0.3) is 0 Å². The topological polar surface area (TPSA) is 102 Å². The van der Waals surface area contributed by atoms with E-state index in [4.69, 9.17) is 11.6 Å². The normalized spacial score (nSPS) is 23.6. The molecule has 2 aliphatic carbocycles. The summed E-state index contributed by atoms with van der Waals surface area (Å²) in [5.74, 6) is -0.159. The highest BCUT2D eigenvalue weighted by molar-refractivity contribution is 6.31. The fourth-order valence-corrected chi connectivity index (χ4v) is 5.05. The van der Waals surface area contributed by atoms with Crippen LogP contribution in [0.2, 0.25) is 5.02 Å². The first-order chi connectivity index (χ1) is 13.3. The number of carbonyl (C=O) groups excluding carboxylic acids is 1. The number of hydrogen-bond donors (Lipinski definition) is 1. The molecule has 0 saturated heterocycles. The molecule has 6 nitrogen and oxygen atoms in total. The Hall–Kier alpha value is -2.96. The van der Waals surface area contributed by atoms with Crippen molar-refractivity contribution >= 4 is 23.2 Å². The molecule has 1 saturated carbocycles. The Morgan fingerprint density at radius 1 is 1.25 bits per heavy atom. The van der Waals surface area contributed by atoms with Gasteiger partial charge in [0.25, 0.3) is 0 Å². The first kappa shape index (κ1) is 18.4. The highest BCUT2D eigenvalue weighted by Crippen LogP contribution is 2.67. The second-order valence-corrected chi connectivity index (χ2v) is 8.45. The Morgan fingerprint density at radius 3 is 2.61 bits per heavy atom. The lowest BCUT2D eigenvalue weighted by atomic mass is 9.67. The molecule has 4 rings (SSSR count). The number of hydrogen-bond acceptors (Lipinski definition) is 5. The second-order valence-electron chi connectivity index (χ2n) is 8.01. The molecule has 2 aromatic rings. The number of fused-ring (bicyclic) bond motifs is 5. The molecule has 2 aliphatic rings. The van der Waals surface area contributed by atoms with E-state index in [9.17, 15) is 15.3 Å². The number of nitrogens with zero attached hydrogens (tertiary/aromatic N) is 4. The number of anilines is 1. The molecule has 0 radical (unpaired) electrons. The van der Waals surface area contributed by atoms with Gasteiger partial charge in [-0.3, -0.25) is 4.79 Å². The largest absolute Gasteiger partial charge is 0.325 e. The summed E-state index contributed by atoms with van der Waals surface area (Å²) in [5, 5.41) is 22.3. The van der Waals surface area contributed by atoms with Crippen molar-refractivity contribution in [2.45, 2.75) is 44.9 Å². The Kier molecular flexibility index (Phi) is 3.96. The maximum atomic E-state index is 13.6. The number of amides is 1. The van der Waals surface area contributed by atoms with E-state index in [1.165, 1.54) is 0 Å². The molecule has 1 heterocycles. The molecular weight excluding hydrogens is 374 g/mol. The molecule has 1 amide bonds. The highest BCUT2D eigenvalue weighted by atomic mass is 35.5. The highest BCUT2D eigenvalue weighted by Gasteiger charge is 2.68. The third kappa shape index (κ3) is 2.22. The maximum Gasteiger partial charge on any atom is 0.237 e. The minimum Gasteiger partial charge on any atom is -0.325 e. The average molecular weight is 392 g/mol. The lowest BCUT2D eigenvalue weighted by Crippen LogP contribution is -2.47. The summed E-state index contributed by atoms with van der Waals surface area (Å²) in [4.78, 5) is 22.5.